The average Bonchev–Trinajstić information content (AvgIpc) is 3.34. The van der Waals surface area contributed by atoms with Gasteiger partial charge < -0.3 is 24.8 Å². The topological polar surface area (TPSA) is 96.7 Å². The first-order valence-electron chi connectivity index (χ1n) is 10.0. The van der Waals surface area contributed by atoms with Gasteiger partial charge in [0.25, 0.3) is 0 Å². The molecule has 1 aromatic heterocycles. The van der Waals surface area contributed by atoms with E-state index in [2.05, 4.69) is 30.4 Å². The molecule has 10 heteroatoms. The van der Waals surface area contributed by atoms with Crippen molar-refractivity contribution in [3.63, 3.8) is 0 Å². The van der Waals surface area contributed by atoms with Crippen LogP contribution in [0.15, 0.2) is 29.3 Å². The summed E-state index contributed by atoms with van der Waals surface area (Å²) < 4.78 is 7.46. The van der Waals surface area contributed by atoms with Crippen molar-refractivity contribution >= 4 is 41.5 Å². The van der Waals surface area contributed by atoms with E-state index in [1.807, 2.05) is 24.3 Å². The van der Waals surface area contributed by atoms with Gasteiger partial charge in [-0.15, -0.1) is 34.2 Å². The Kier molecular flexibility index (Phi) is 7.51. The van der Waals surface area contributed by atoms with Crippen LogP contribution in [0.25, 0.3) is 0 Å². The summed E-state index contributed by atoms with van der Waals surface area (Å²) in [6.45, 7) is 2.10. The Hall–Kier alpha value is -2.37. The molecule has 0 aliphatic carbocycles. The van der Waals surface area contributed by atoms with Gasteiger partial charge in [-0.1, -0.05) is 6.07 Å². The number of nitrogens with zero attached hydrogens (tertiary/aromatic N) is 5. The molecule has 9 nitrogen and oxygen atoms in total. The number of hydrogen-bond acceptors (Lipinski definition) is 5. The highest BCUT2D eigenvalue weighted by atomic mass is 127. The fraction of sp³-hybridized carbons (Fsp3) is 0.500. The van der Waals surface area contributed by atoms with E-state index < -0.39 is 0 Å². The second-order valence-electron chi connectivity index (χ2n) is 7.32. The molecule has 2 aromatic rings. The Morgan fingerprint density at radius 1 is 1.33 bits per heavy atom. The van der Waals surface area contributed by atoms with Crippen LogP contribution in [0.1, 0.15) is 30.9 Å². The van der Waals surface area contributed by atoms with Crippen LogP contribution in [0, 0.1) is 0 Å². The molecule has 2 N–H and O–H groups in total. The molecule has 3 heterocycles. The van der Waals surface area contributed by atoms with Crippen molar-refractivity contribution < 1.29 is 9.53 Å². The zero-order valence-corrected chi connectivity index (χ0v) is 19.6. The smallest absolute Gasteiger partial charge is 0.229 e. The molecule has 1 aromatic carbocycles. The number of aliphatic imine (C=N–C) groups is 1. The van der Waals surface area contributed by atoms with E-state index >= 15 is 0 Å². The number of benzene rings is 1. The lowest BCUT2D eigenvalue weighted by atomic mass is 10.2. The monoisotopic (exact) mass is 525 g/mol. The molecular weight excluding hydrogens is 497 g/mol. The van der Waals surface area contributed by atoms with Crippen molar-refractivity contribution in [1.82, 2.24) is 25.4 Å². The number of amides is 1. The number of hydrogen-bond donors (Lipinski definition) is 2. The number of anilines is 1. The van der Waals surface area contributed by atoms with Crippen LogP contribution >= 0.6 is 24.0 Å². The largest absolute Gasteiger partial charge is 0.497 e. The molecule has 0 saturated carbocycles. The normalized spacial score (nSPS) is 18.6. The lowest BCUT2D eigenvalue weighted by Gasteiger charge is -2.20. The number of carbonyl (C=O) groups is 1. The van der Waals surface area contributed by atoms with Crippen LogP contribution in [-0.4, -0.2) is 53.4 Å². The lowest BCUT2D eigenvalue weighted by Crippen LogP contribution is -2.44. The van der Waals surface area contributed by atoms with Crippen LogP contribution in [0.2, 0.25) is 0 Å². The first-order chi connectivity index (χ1) is 14.2. The summed E-state index contributed by atoms with van der Waals surface area (Å²) in [4.78, 5) is 18.6. The molecule has 2 aliphatic rings. The molecule has 4 rings (SSSR count). The van der Waals surface area contributed by atoms with E-state index in [4.69, 9.17) is 4.74 Å². The summed E-state index contributed by atoms with van der Waals surface area (Å²) in [5, 5.41) is 15.2. The Morgan fingerprint density at radius 3 is 3.00 bits per heavy atom. The van der Waals surface area contributed by atoms with Crippen molar-refractivity contribution in [3.8, 4) is 5.75 Å². The number of fused-ring (bicyclic) bond motifs is 1. The second kappa shape index (κ2) is 10.1. The summed E-state index contributed by atoms with van der Waals surface area (Å²) in [6, 6.07) is 7.54. The van der Waals surface area contributed by atoms with Gasteiger partial charge in [0.15, 0.2) is 11.8 Å². The second-order valence-corrected chi connectivity index (χ2v) is 7.32. The maximum atomic E-state index is 12.5. The highest BCUT2D eigenvalue weighted by Crippen LogP contribution is 2.25. The predicted molar refractivity (Wildman–Crippen MR) is 125 cm³/mol. The third-order valence-electron chi connectivity index (χ3n) is 5.40. The third-order valence-corrected chi connectivity index (χ3v) is 5.40. The number of halogens is 1. The summed E-state index contributed by atoms with van der Waals surface area (Å²) in [5.74, 6) is 3.46. The van der Waals surface area contributed by atoms with Crippen molar-refractivity contribution in [1.29, 1.82) is 0 Å². The Labute approximate surface area is 193 Å². The quantitative estimate of drug-likeness (QED) is 0.351. The minimum atomic E-state index is -0.0211. The molecule has 1 saturated heterocycles. The van der Waals surface area contributed by atoms with Gasteiger partial charge in [-0.2, -0.15) is 0 Å². The molecule has 0 radical (unpaired) electrons. The van der Waals surface area contributed by atoms with Crippen LogP contribution in [0.3, 0.4) is 0 Å². The summed E-state index contributed by atoms with van der Waals surface area (Å²) in [7, 11) is 3.35. The number of methoxy groups -OCH3 is 1. The maximum Gasteiger partial charge on any atom is 0.229 e. The molecule has 1 unspecified atom stereocenters. The minimum absolute atomic E-state index is 0. The minimum Gasteiger partial charge on any atom is -0.497 e. The van der Waals surface area contributed by atoms with Gasteiger partial charge in [-0.25, -0.2) is 0 Å². The van der Waals surface area contributed by atoms with Gasteiger partial charge in [0, 0.05) is 44.7 Å². The summed E-state index contributed by atoms with van der Waals surface area (Å²) >= 11 is 0. The number of carbonyl (C=O) groups excluding carboxylic acids is 1. The van der Waals surface area contributed by atoms with E-state index in [0.717, 1.165) is 42.5 Å². The van der Waals surface area contributed by atoms with E-state index in [-0.39, 0.29) is 35.9 Å². The Morgan fingerprint density at radius 2 is 2.20 bits per heavy atom. The zero-order valence-electron chi connectivity index (χ0n) is 17.3. The molecule has 2 aliphatic heterocycles. The van der Waals surface area contributed by atoms with Gasteiger partial charge in [-0.05, 0) is 25.0 Å². The van der Waals surface area contributed by atoms with E-state index in [0.29, 0.717) is 25.5 Å². The Balaban J connectivity index is 0.00000256. The third kappa shape index (κ3) is 4.85. The van der Waals surface area contributed by atoms with Crippen molar-refractivity contribution in [2.45, 2.75) is 44.8 Å². The van der Waals surface area contributed by atoms with Gasteiger partial charge in [0.2, 0.25) is 5.91 Å². The molecule has 162 valence electrons. The van der Waals surface area contributed by atoms with Crippen molar-refractivity contribution in [2.75, 3.05) is 25.6 Å². The predicted octanol–water partition coefficient (Wildman–Crippen LogP) is 1.71. The van der Waals surface area contributed by atoms with Crippen LogP contribution in [0.4, 0.5) is 5.69 Å². The summed E-state index contributed by atoms with van der Waals surface area (Å²) in [6.07, 6.45) is 3.74. The van der Waals surface area contributed by atoms with Crippen LogP contribution in [-0.2, 0) is 24.3 Å². The number of nitrogens with one attached hydrogen (secondary N) is 2. The zero-order chi connectivity index (χ0) is 20.2. The fourth-order valence-corrected chi connectivity index (χ4v) is 3.88. The fourth-order valence-electron chi connectivity index (χ4n) is 3.88. The standard InChI is InChI=1S/C20H27N7O2.HI/c1-21-20(22-12-18-25-24-17-8-3-4-9-26(17)18)23-14-10-19(28)27(13-14)15-6-5-7-16(11-15)29-2;/h5-7,11,14H,3-4,8-10,12-13H2,1-2H3,(H2,21,22,23);1H. The van der Waals surface area contributed by atoms with Crippen LogP contribution < -0.4 is 20.3 Å². The molecule has 30 heavy (non-hydrogen) atoms. The van der Waals surface area contributed by atoms with Crippen molar-refractivity contribution in [2.24, 2.45) is 4.99 Å². The van der Waals surface area contributed by atoms with Crippen LogP contribution in [0.5, 0.6) is 5.75 Å². The van der Waals surface area contributed by atoms with E-state index in [1.165, 1.54) is 6.42 Å². The van der Waals surface area contributed by atoms with Gasteiger partial charge in [0.05, 0.1) is 19.7 Å². The number of rotatable bonds is 5. The summed E-state index contributed by atoms with van der Waals surface area (Å²) in [5.41, 5.74) is 0.844. The molecular formula is C20H28IN7O2. The highest BCUT2D eigenvalue weighted by molar-refractivity contribution is 14.0. The molecule has 1 atom stereocenters. The maximum absolute atomic E-state index is 12.5. The number of aryl methyl sites for hydroxylation is 1. The number of ether oxygens (including phenoxy) is 1. The number of aromatic nitrogens is 3. The number of guanidine groups is 1. The molecule has 1 amide bonds. The van der Waals surface area contributed by atoms with Crippen molar-refractivity contribution in [3.05, 3.63) is 35.9 Å². The lowest BCUT2D eigenvalue weighted by molar-refractivity contribution is -0.117. The first-order valence-corrected chi connectivity index (χ1v) is 10.0. The van der Waals surface area contributed by atoms with Gasteiger partial charge in [0.1, 0.15) is 11.6 Å². The van der Waals surface area contributed by atoms with Gasteiger partial charge >= 0.3 is 0 Å². The van der Waals surface area contributed by atoms with Gasteiger partial charge in [-0.3, -0.25) is 9.79 Å². The van der Waals surface area contributed by atoms with E-state index in [9.17, 15) is 4.79 Å². The van der Waals surface area contributed by atoms with E-state index in [1.54, 1.807) is 19.1 Å². The first kappa shape index (κ1) is 22.3. The Bertz CT molecular complexity index is 914. The molecule has 1 fully saturated rings. The SMILES string of the molecule is CN=C(NCc1nnc2n1CCCC2)NC1CC(=O)N(c2cccc(OC)c2)C1.I. The molecule has 0 bridgehead atoms. The molecule has 0 spiro atoms. The average molecular weight is 525 g/mol. The highest BCUT2D eigenvalue weighted by Gasteiger charge is 2.31.